The van der Waals surface area contributed by atoms with Gasteiger partial charge in [-0.15, -0.1) is 0 Å². The average Bonchev–Trinajstić information content (AvgIpc) is 3.73. The Morgan fingerprint density at radius 1 is 0.404 bits per heavy atom. The van der Waals surface area contributed by atoms with Crippen LogP contribution in [0.25, 0.3) is 65.7 Å². The molecule has 9 aromatic rings. The first-order valence-corrected chi connectivity index (χ1v) is 18.3. The van der Waals surface area contributed by atoms with Crippen LogP contribution >= 0.6 is 0 Å². The number of anilines is 3. The van der Waals surface area contributed by atoms with Crippen LogP contribution in [0, 0.1) is 0 Å². The third-order valence-electron chi connectivity index (χ3n) is 12.2. The second-order valence-corrected chi connectivity index (χ2v) is 15.8. The maximum Gasteiger partial charge on any atom is 0.159 e. The molecule has 0 saturated carbocycles. The van der Waals surface area contributed by atoms with Gasteiger partial charge in [-0.25, -0.2) is 0 Å². The second kappa shape index (κ2) is 10.2. The summed E-state index contributed by atoms with van der Waals surface area (Å²) in [5.41, 5.74) is 15.9. The minimum atomic E-state index is -0.146. The van der Waals surface area contributed by atoms with E-state index in [1.165, 1.54) is 66.1 Å². The van der Waals surface area contributed by atoms with Crippen LogP contribution in [0.1, 0.15) is 49.9 Å². The Labute approximate surface area is 303 Å². The highest BCUT2D eigenvalue weighted by Gasteiger charge is 2.42. The first-order valence-electron chi connectivity index (χ1n) is 18.3. The number of rotatable bonds is 3. The molecule has 0 atom stereocenters. The van der Waals surface area contributed by atoms with E-state index >= 15 is 0 Å². The van der Waals surface area contributed by atoms with Crippen molar-refractivity contribution in [3.05, 3.63) is 174 Å². The minimum Gasteiger partial charge on any atom is -0.454 e. The molecule has 0 amide bonds. The van der Waals surface area contributed by atoms with Crippen molar-refractivity contribution in [3.8, 4) is 22.3 Å². The van der Waals surface area contributed by atoms with Crippen molar-refractivity contribution in [2.24, 2.45) is 0 Å². The van der Waals surface area contributed by atoms with Gasteiger partial charge in [0.15, 0.2) is 5.58 Å². The molecule has 2 aliphatic rings. The van der Waals surface area contributed by atoms with E-state index in [1.54, 1.807) is 0 Å². The number of nitrogens with zero attached hydrogens (tertiary/aromatic N) is 1. The monoisotopic (exact) mass is 667 g/mol. The quantitative estimate of drug-likeness (QED) is 0.186. The zero-order valence-corrected chi connectivity index (χ0v) is 29.8. The number of furan rings is 1. The van der Waals surface area contributed by atoms with Crippen LogP contribution in [0.5, 0.6) is 0 Å². The van der Waals surface area contributed by atoms with Gasteiger partial charge in [0, 0.05) is 33.0 Å². The first-order chi connectivity index (χ1) is 25.3. The predicted molar refractivity (Wildman–Crippen MR) is 219 cm³/mol. The molecule has 0 spiro atoms. The molecule has 1 heterocycles. The van der Waals surface area contributed by atoms with Crippen molar-refractivity contribution < 1.29 is 4.42 Å². The van der Waals surface area contributed by atoms with E-state index in [1.807, 2.05) is 6.07 Å². The smallest absolute Gasteiger partial charge is 0.159 e. The number of para-hydroxylation sites is 3. The van der Waals surface area contributed by atoms with Crippen LogP contribution in [0.15, 0.2) is 156 Å². The molecular weight excluding hydrogens is 631 g/mol. The van der Waals surface area contributed by atoms with Gasteiger partial charge in [0.25, 0.3) is 0 Å². The number of hydrogen-bond donors (Lipinski definition) is 0. The maximum absolute atomic E-state index is 6.57. The summed E-state index contributed by atoms with van der Waals surface area (Å²) in [6.07, 6.45) is 0. The molecule has 0 unspecified atom stereocenters. The Kier molecular flexibility index (Phi) is 5.83. The zero-order chi connectivity index (χ0) is 34.9. The van der Waals surface area contributed by atoms with E-state index in [9.17, 15) is 0 Å². The number of benzene rings is 8. The molecule has 2 heteroatoms. The van der Waals surface area contributed by atoms with Gasteiger partial charge in [0.05, 0.1) is 5.69 Å². The van der Waals surface area contributed by atoms with E-state index in [0.717, 1.165) is 39.0 Å². The molecule has 2 nitrogen and oxygen atoms in total. The van der Waals surface area contributed by atoms with Crippen LogP contribution in [-0.4, -0.2) is 0 Å². The predicted octanol–water partition coefficient (Wildman–Crippen LogP) is 14.0. The number of fused-ring (bicyclic) bond motifs is 11. The summed E-state index contributed by atoms with van der Waals surface area (Å²) in [6, 6.07) is 55.9. The average molecular weight is 668 g/mol. The van der Waals surface area contributed by atoms with E-state index in [2.05, 4.69) is 178 Å². The van der Waals surface area contributed by atoms with Crippen molar-refractivity contribution >= 4 is 60.5 Å². The SMILES string of the molecule is CC1(C)c2cc3c(cc2-c2cc4ccccc4cc21)C(C)(C)c1cc2cc(N(c4ccccc4)c4cccc5c4oc4ccccc45)ccc2cc1-3. The second-order valence-electron chi connectivity index (χ2n) is 15.8. The Hall–Kier alpha value is -6.12. The Morgan fingerprint density at radius 3 is 1.65 bits per heavy atom. The Balaban J connectivity index is 1.08. The molecule has 0 fully saturated rings. The van der Waals surface area contributed by atoms with E-state index in [-0.39, 0.29) is 10.8 Å². The van der Waals surface area contributed by atoms with Gasteiger partial charge in [-0.2, -0.15) is 0 Å². The molecule has 1 aromatic heterocycles. The van der Waals surface area contributed by atoms with Crippen LogP contribution in [0.2, 0.25) is 0 Å². The van der Waals surface area contributed by atoms with Crippen molar-refractivity contribution in [1.82, 2.24) is 0 Å². The van der Waals surface area contributed by atoms with E-state index < -0.39 is 0 Å². The van der Waals surface area contributed by atoms with Gasteiger partial charge in [-0.1, -0.05) is 107 Å². The zero-order valence-electron chi connectivity index (χ0n) is 29.8. The molecule has 248 valence electrons. The lowest BCUT2D eigenvalue weighted by atomic mass is 9.79. The van der Waals surface area contributed by atoms with Crippen molar-refractivity contribution in [3.63, 3.8) is 0 Å². The van der Waals surface area contributed by atoms with Crippen LogP contribution in [0.3, 0.4) is 0 Å². The molecule has 2 aliphatic carbocycles. The largest absolute Gasteiger partial charge is 0.454 e. The lowest BCUT2D eigenvalue weighted by molar-refractivity contribution is 0.653. The fraction of sp³-hybridized carbons (Fsp3) is 0.120. The number of hydrogen-bond acceptors (Lipinski definition) is 2. The lowest BCUT2D eigenvalue weighted by Gasteiger charge is -2.26. The molecule has 0 saturated heterocycles. The van der Waals surface area contributed by atoms with Crippen LogP contribution < -0.4 is 4.90 Å². The fourth-order valence-corrected chi connectivity index (χ4v) is 9.43. The van der Waals surface area contributed by atoms with Crippen molar-refractivity contribution in [2.45, 2.75) is 38.5 Å². The molecular formula is C50H37NO. The highest BCUT2D eigenvalue weighted by atomic mass is 16.3. The van der Waals surface area contributed by atoms with Gasteiger partial charge in [-0.05, 0) is 139 Å². The third-order valence-corrected chi connectivity index (χ3v) is 12.2. The van der Waals surface area contributed by atoms with E-state index in [0.29, 0.717) is 0 Å². The van der Waals surface area contributed by atoms with Gasteiger partial charge in [0.1, 0.15) is 5.58 Å². The first kappa shape index (κ1) is 29.6. The van der Waals surface area contributed by atoms with Gasteiger partial charge >= 0.3 is 0 Å². The summed E-state index contributed by atoms with van der Waals surface area (Å²) >= 11 is 0. The van der Waals surface area contributed by atoms with Gasteiger partial charge in [0.2, 0.25) is 0 Å². The summed E-state index contributed by atoms with van der Waals surface area (Å²) in [6.45, 7) is 9.59. The standard InChI is InChI=1S/C50H37NO/c1-49(2)42-26-31-14-9-8-13-30(31)24-38(42)40-28-45-41(29-44(40)49)39-25-32-21-22-35(23-33(32)27-43(39)50(45,3)4)51(34-15-6-5-7-16-34)46-19-12-18-37-36-17-10-11-20-47(36)52-48(37)46/h5-29H,1-4H3. The molecule has 0 radical (unpaired) electrons. The third kappa shape index (κ3) is 3.95. The topological polar surface area (TPSA) is 16.4 Å². The lowest BCUT2D eigenvalue weighted by Crippen LogP contribution is -2.17. The van der Waals surface area contributed by atoms with Crippen LogP contribution in [0.4, 0.5) is 17.1 Å². The molecule has 52 heavy (non-hydrogen) atoms. The summed E-state index contributed by atoms with van der Waals surface area (Å²) in [5.74, 6) is 0. The molecule has 0 bridgehead atoms. The molecule has 0 N–H and O–H groups in total. The molecule has 0 aliphatic heterocycles. The fourth-order valence-electron chi connectivity index (χ4n) is 9.43. The summed E-state index contributed by atoms with van der Waals surface area (Å²) in [7, 11) is 0. The Bertz CT molecular complexity index is 2960. The summed E-state index contributed by atoms with van der Waals surface area (Å²) < 4.78 is 6.57. The van der Waals surface area contributed by atoms with Gasteiger partial charge < -0.3 is 9.32 Å². The normalized spacial score (nSPS) is 14.8. The highest BCUT2D eigenvalue weighted by molar-refractivity contribution is 6.10. The minimum absolute atomic E-state index is 0.0774. The van der Waals surface area contributed by atoms with Crippen LogP contribution in [-0.2, 0) is 10.8 Å². The van der Waals surface area contributed by atoms with Crippen molar-refractivity contribution in [2.75, 3.05) is 4.90 Å². The van der Waals surface area contributed by atoms with Crippen molar-refractivity contribution in [1.29, 1.82) is 0 Å². The van der Waals surface area contributed by atoms with E-state index in [4.69, 9.17) is 4.42 Å². The Morgan fingerprint density at radius 2 is 0.942 bits per heavy atom. The highest BCUT2D eigenvalue weighted by Crippen LogP contribution is 2.57. The molecule has 11 rings (SSSR count). The maximum atomic E-state index is 6.57. The summed E-state index contributed by atoms with van der Waals surface area (Å²) in [4.78, 5) is 2.34. The van der Waals surface area contributed by atoms with Gasteiger partial charge in [-0.3, -0.25) is 0 Å². The summed E-state index contributed by atoms with van der Waals surface area (Å²) in [5, 5.41) is 7.35. The molecule has 8 aromatic carbocycles.